The van der Waals surface area contributed by atoms with Gasteiger partial charge >= 0.3 is 6.03 Å². The van der Waals surface area contributed by atoms with Gasteiger partial charge in [-0.3, -0.25) is 0 Å². The first-order chi connectivity index (χ1) is 12.6. The molecule has 1 fully saturated rings. The summed E-state index contributed by atoms with van der Waals surface area (Å²) in [6.45, 7) is 4.97. The largest absolute Gasteiger partial charge is 0.495 e. The molecule has 0 aliphatic carbocycles. The first-order valence-corrected chi connectivity index (χ1v) is 9.22. The van der Waals surface area contributed by atoms with E-state index in [0.29, 0.717) is 23.9 Å². The summed E-state index contributed by atoms with van der Waals surface area (Å²) < 4.78 is 5.20. The number of anilines is 2. The lowest BCUT2D eigenvalue weighted by atomic mass is 10.1. The summed E-state index contributed by atoms with van der Waals surface area (Å²) >= 11 is 6.22. The van der Waals surface area contributed by atoms with Crippen LogP contribution < -0.4 is 15.0 Å². The van der Waals surface area contributed by atoms with E-state index in [2.05, 4.69) is 17.1 Å². The number of para-hydroxylation sites is 1. The van der Waals surface area contributed by atoms with Crippen LogP contribution >= 0.6 is 11.6 Å². The van der Waals surface area contributed by atoms with Crippen LogP contribution in [0.2, 0.25) is 5.02 Å². The summed E-state index contributed by atoms with van der Waals surface area (Å²) in [5.41, 5.74) is 3.09. The average molecular weight is 374 g/mol. The summed E-state index contributed by atoms with van der Waals surface area (Å²) in [7, 11) is 1.61. The van der Waals surface area contributed by atoms with Crippen LogP contribution in [0.3, 0.4) is 0 Å². The highest BCUT2D eigenvalue weighted by Gasteiger charge is 2.22. The van der Waals surface area contributed by atoms with Gasteiger partial charge in [0.05, 0.1) is 12.1 Å². The SMILES string of the molecule is CCc1ccccc1NC(=O)N1CCN(c2ccc(OC)c(Cl)c2)CC1. The standard InChI is InChI=1S/C20H24ClN3O2/c1-3-15-6-4-5-7-18(15)22-20(25)24-12-10-23(11-13-24)16-8-9-19(26-2)17(21)14-16/h4-9,14H,3,10-13H2,1-2H3,(H,22,25). The molecule has 1 heterocycles. The van der Waals surface area contributed by atoms with Crippen LogP contribution in [-0.2, 0) is 6.42 Å². The van der Waals surface area contributed by atoms with Crippen molar-refractivity contribution < 1.29 is 9.53 Å². The molecule has 2 amide bonds. The maximum absolute atomic E-state index is 12.6. The second-order valence-corrected chi connectivity index (χ2v) is 6.64. The van der Waals surface area contributed by atoms with Gasteiger partial charge in [-0.05, 0) is 36.2 Å². The Morgan fingerprint density at radius 3 is 2.54 bits per heavy atom. The minimum atomic E-state index is -0.0432. The number of halogens is 1. The predicted octanol–water partition coefficient (Wildman–Crippen LogP) is 4.27. The number of rotatable bonds is 4. The monoisotopic (exact) mass is 373 g/mol. The maximum atomic E-state index is 12.6. The molecule has 0 radical (unpaired) electrons. The molecule has 0 bridgehead atoms. The van der Waals surface area contributed by atoms with Gasteiger partial charge in [0, 0.05) is 37.6 Å². The van der Waals surface area contributed by atoms with Crippen molar-refractivity contribution in [2.75, 3.05) is 43.5 Å². The van der Waals surface area contributed by atoms with Crippen molar-refractivity contribution in [3.05, 3.63) is 53.1 Å². The topological polar surface area (TPSA) is 44.8 Å². The van der Waals surface area contributed by atoms with Gasteiger partial charge in [0.1, 0.15) is 5.75 Å². The Kier molecular flexibility index (Phi) is 5.89. The van der Waals surface area contributed by atoms with Crippen LogP contribution in [0, 0.1) is 0 Å². The number of ether oxygens (including phenoxy) is 1. The van der Waals surface area contributed by atoms with Gasteiger partial charge in [-0.15, -0.1) is 0 Å². The van der Waals surface area contributed by atoms with E-state index in [1.807, 2.05) is 47.4 Å². The molecule has 0 saturated carbocycles. The average Bonchev–Trinajstić information content (AvgIpc) is 2.68. The van der Waals surface area contributed by atoms with Gasteiger partial charge in [-0.25, -0.2) is 4.79 Å². The molecule has 2 aromatic rings. The lowest BCUT2D eigenvalue weighted by molar-refractivity contribution is 0.208. The Morgan fingerprint density at radius 2 is 1.88 bits per heavy atom. The zero-order chi connectivity index (χ0) is 18.5. The molecule has 6 heteroatoms. The molecular formula is C20H24ClN3O2. The number of piperazine rings is 1. The Morgan fingerprint density at radius 1 is 1.15 bits per heavy atom. The number of nitrogens with one attached hydrogen (secondary N) is 1. The zero-order valence-electron chi connectivity index (χ0n) is 15.2. The highest BCUT2D eigenvalue weighted by Crippen LogP contribution is 2.29. The number of amides is 2. The molecule has 3 rings (SSSR count). The van der Waals surface area contributed by atoms with Crippen LogP contribution in [0.5, 0.6) is 5.75 Å². The van der Waals surface area contributed by atoms with Gasteiger partial charge in [0.25, 0.3) is 0 Å². The normalized spacial score (nSPS) is 14.3. The van der Waals surface area contributed by atoms with Crippen LogP contribution in [0.4, 0.5) is 16.2 Å². The fraction of sp³-hybridized carbons (Fsp3) is 0.350. The molecule has 2 aromatic carbocycles. The Balaban J connectivity index is 1.59. The molecule has 138 valence electrons. The van der Waals surface area contributed by atoms with E-state index < -0.39 is 0 Å². The molecule has 1 aliphatic heterocycles. The van der Waals surface area contributed by atoms with Gasteiger partial charge in [-0.2, -0.15) is 0 Å². The van der Waals surface area contributed by atoms with Crippen LogP contribution in [0.1, 0.15) is 12.5 Å². The molecule has 1 N–H and O–H groups in total. The third-order valence-electron chi connectivity index (χ3n) is 4.71. The van der Waals surface area contributed by atoms with E-state index in [1.165, 1.54) is 0 Å². The minimum absolute atomic E-state index is 0.0432. The minimum Gasteiger partial charge on any atom is -0.495 e. The molecule has 26 heavy (non-hydrogen) atoms. The maximum Gasteiger partial charge on any atom is 0.321 e. The first kappa shape index (κ1) is 18.4. The Labute approximate surface area is 159 Å². The summed E-state index contributed by atoms with van der Waals surface area (Å²) in [5, 5.41) is 3.64. The van der Waals surface area contributed by atoms with Crippen LogP contribution in [0.15, 0.2) is 42.5 Å². The number of hydrogen-bond donors (Lipinski definition) is 1. The number of methoxy groups -OCH3 is 1. The first-order valence-electron chi connectivity index (χ1n) is 8.84. The molecule has 1 aliphatic rings. The number of benzene rings is 2. The van der Waals surface area contributed by atoms with Crippen LogP contribution in [0.25, 0.3) is 0 Å². The molecule has 1 saturated heterocycles. The van der Waals surface area contributed by atoms with E-state index in [-0.39, 0.29) is 6.03 Å². The van der Waals surface area contributed by atoms with Crippen molar-refractivity contribution >= 4 is 29.0 Å². The lowest BCUT2D eigenvalue weighted by Crippen LogP contribution is -2.50. The molecule has 5 nitrogen and oxygen atoms in total. The molecule has 0 aromatic heterocycles. The summed E-state index contributed by atoms with van der Waals surface area (Å²) in [6, 6.07) is 13.7. The van der Waals surface area contributed by atoms with Crippen molar-refractivity contribution in [1.82, 2.24) is 4.90 Å². The number of carbonyl (C=O) groups is 1. The van der Waals surface area contributed by atoms with Crippen molar-refractivity contribution in [2.45, 2.75) is 13.3 Å². The predicted molar refractivity (Wildman–Crippen MR) is 107 cm³/mol. The smallest absolute Gasteiger partial charge is 0.321 e. The van der Waals surface area contributed by atoms with Gasteiger partial charge in [-0.1, -0.05) is 36.7 Å². The second kappa shape index (κ2) is 8.32. The number of carbonyl (C=O) groups excluding carboxylic acids is 1. The summed E-state index contributed by atoms with van der Waals surface area (Å²) in [4.78, 5) is 16.7. The number of hydrogen-bond acceptors (Lipinski definition) is 3. The van der Waals surface area contributed by atoms with Crippen molar-refractivity contribution in [1.29, 1.82) is 0 Å². The third kappa shape index (κ3) is 4.05. The van der Waals surface area contributed by atoms with E-state index in [4.69, 9.17) is 16.3 Å². The highest BCUT2D eigenvalue weighted by molar-refractivity contribution is 6.32. The Hall–Kier alpha value is -2.40. The van der Waals surface area contributed by atoms with Crippen molar-refractivity contribution in [3.8, 4) is 5.75 Å². The van der Waals surface area contributed by atoms with Crippen LogP contribution in [-0.4, -0.2) is 44.2 Å². The third-order valence-corrected chi connectivity index (χ3v) is 5.00. The van der Waals surface area contributed by atoms with Gasteiger partial charge < -0.3 is 19.9 Å². The molecule has 0 spiro atoms. The van der Waals surface area contributed by atoms with E-state index in [1.54, 1.807) is 7.11 Å². The Bertz CT molecular complexity index is 773. The van der Waals surface area contributed by atoms with E-state index in [9.17, 15) is 4.79 Å². The molecule has 0 unspecified atom stereocenters. The van der Waals surface area contributed by atoms with Crippen molar-refractivity contribution in [2.24, 2.45) is 0 Å². The van der Waals surface area contributed by atoms with Gasteiger partial charge in [0.15, 0.2) is 0 Å². The number of nitrogens with zero attached hydrogens (tertiary/aromatic N) is 2. The molecule has 0 atom stereocenters. The fourth-order valence-corrected chi connectivity index (χ4v) is 3.42. The summed E-state index contributed by atoms with van der Waals surface area (Å²) in [5.74, 6) is 0.669. The fourth-order valence-electron chi connectivity index (χ4n) is 3.16. The number of urea groups is 1. The van der Waals surface area contributed by atoms with E-state index in [0.717, 1.165) is 36.4 Å². The highest BCUT2D eigenvalue weighted by atomic mass is 35.5. The quantitative estimate of drug-likeness (QED) is 0.870. The lowest BCUT2D eigenvalue weighted by Gasteiger charge is -2.36. The van der Waals surface area contributed by atoms with E-state index >= 15 is 0 Å². The number of aryl methyl sites for hydroxylation is 1. The van der Waals surface area contributed by atoms with Gasteiger partial charge in [0.2, 0.25) is 0 Å². The summed E-state index contributed by atoms with van der Waals surface area (Å²) in [6.07, 6.45) is 0.891. The van der Waals surface area contributed by atoms with Crippen molar-refractivity contribution in [3.63, 3.8) is 0 Å². The zero-order valence-corrected chi connectivity index (χ0v) is 15.9. The second-order valence-electron chi connectivity index (χ2n) is 6.23. The molecular weight excluding hydrogens is 350 g/mol.